The van der Waals surface area contributed by atoms with Crippen molar-refractivity contribution < 1.29 is 14.0 Å². The molecule has 1 saturated heterocycles. The summed E-state index contributed by atoms with van der Waals surface area (Å²) in [5, 5.41) is 7.48. The van der Waals surface area contributed by atoms with E-state index in [1.165, 1.54) is 0 Å². The highest BCUT2D eigenvalue weighted by molar-refractivity contribution is 5.37. The summed E-state index contributed by atoms with van der Waals surface area (Å²) < 4.78 is 17.1. The highest BCUT2D eigenvalue weighted by atomic mass is 16.5. The zero-order chi connectivity index (χ0) is 18.5. The third-order valence-corrected chi connectivity index (χ3v) is 4.62. The van der Waals surface area contributed by atoms with E-state index in [0.717, 1.165) is 53.6 Å². The molecule has 0 unspecified atom stereocenters. The first-order valence-corrected chi connectivity index (χ1v) is 9.29. The largest absolute Gasteiger partial charge is 0.379 e. The third-order valence-electron chi connectivity index (χ3n) is 4.62. The van der Waals surface area contributed by atoms with Crippen LogP contribution >= 0.6 is 0 Å². The smallest absolute Gasteiger partial charge is 0.139 e. The van der Waals surface area contributed by atoms with E-state index in [9.17, 15) is 0 Å². The Labute approximate surface area is 154 Å². The average Bonchev–Trinajstić information content (AvgIpc) is 2.92. The quantitative estimate of drug-likeness (QED) is 0.812. The Morgan fingerprint density at radius 3 is 2.85 bits per heavy atom. The second-order valence-electron chi connectivity index (χ2n) is 6.83. The fourth-order valence-corrected chi connectivity index (χ4v) is 3.18. The molecule has 0 amide bonds. The molecule has 1 aliphatic heterocycles. The van der Waals surface area contributed by atoms with Crippen LogP contribution in [0.15, 0.2) is 10.6 Å². The summed E-state index contributed by atoms with van der Waals surface area (Å²) in [4.78, 5) is 9.13. The monoisotopic (exact) mass is 360 g/mol. The zero-order valence-electron chi connectivity index (χ0n) is 16.0. The molecule has 3 rings (SSSR count). The van der Waals surface area contributed by atoms with Gasteiger partial charge < -0.3 is 19.3 Å². The minimum atomic E-state index is 0.0438. The third kappa shape index (κ3) is 4.59. The van der Waals surface area contributed by atoms with Crippen LogP contribution in [-0.4, -0.2) is 40.5 Å². The minimum absolute atomic E-state index is 0.0438. The van der Waals surface area contributed by atoms with Crippen molar-refractivity contribution in [1.82, 2.24) is 15.1 Å². The lowest BCUT2D eigenvalue weighted by Gasteiger charge is -2.32. The van der Waals surface area contributed by atoms with Gasteiger partial charge in [0, 0.05) is 30.4 Å². The first kappa shape index (κ1) is 18.8. The van der Waals surface area contributed by atoms with Crippen molar-refractivity contribution in [3.8, 4) is 0 Å². The molecule has 7 heteroatoms. The molecule has 7 nitrogen and oxygen atoms in total. The maximum absolute atomic E-state index is 6.20. The number of rotatable bonds is 7. The number of aryl methyl sites for hydroxylation is 4. The lowest BCUT2D eigenvalue weighted by molar-refractivity contribution is -0.0482. The molecule has 2 aromatic rings. The van der Waals surface area contributed by atoms with Crippen LogP contribution in [0.2, 0.25) is 0 Å². The van der Waals surface area contributed by atoms with Crippen molar-refractivity contribution in [2.24, 2.45) is 0 Å². The SMILES string of the molecule is CCCc1nc(C)cc(N[C@@H]2COCC[C@@H]2OCc2c(C)noc2C)n1. The van der Waals surface area contributed by atoms with Gasteiger partial charge in [-0.3, -0.25) is 0 Å². The minimum Gasteiger partial charge on any atom is -0.379 e. The molecule has 26 heavy (non-hydrogen) atoms. The van der Waals surface area contributed by atoms with E-state index in [1.54, 1.807) is 0 Å². The molecule has 0 saturated carbocycles. The molecule has 0 bridgehead atoms. The molecule has 0 aromatic carbocycles. The van der Waals surface area contributed by atoms with Crippen LogP contribution in [0.3, 0.4) is 0 Å². The highest BCUT2D eigenvalue weighted by Gasteiger charge is 2.27. The number of nitrogens with one attached hydrogen (secondary N) is 1. The Balaban J connectivity index is 1.67. The summed E-state index contributed by atoms with van der Waals surface area (Å²) in [6.07, 6.45) is 2.79. The van der Waals surface area contributed by atoms with Crippen molar-refractivity contribution in [1.29, 1.82) is 0 Å². The summed E-state index contributed by atoms with van der Waals surface area (Å²) in [5.74, 6) is 2.53. The molecule has 142 valence electrons. The number of hydrogen-bond acceptors (Lipinski definition) is 7. The van der Waals surface area contributed by atoms with Gasteiger partial charge in [-0.05, 0) is 33.6 Å². The van der Waals surface area contributed by atoms with E-state index in [4.69, 9.17) is 14.0 Å². The molecular weight excluding hydrogens is 332 g/mol. The molecule has 3 heterocycles. The molecule has 0 spiro atoms. The van der Waals surface area contributed by atoms with Gasteiger partial charge in [-0.2, -0.15) is 0 Å². The summed E-state index contributed by atoms with van der Waals surface area (Å²) >= 11 is 0. The lowest BCUT2D eigenvalue weighted by Crippen LogP contribution is -2.44. The maximum atomic E-state index is 6.20. The first-order chi connectivity index (χ1) is 12.6. The molecular formula is C19H28N4O3. The molecule has 0 radical (unpaired) electrons. The Morgan fingerprint density at radius 1 is 1.27 bits per heavy atom. The van der Waals surface area contributed by atoms with Gasteiger partial charge in [0.15, 0.2) is 0 Å². The fraction of sp³-hybridized carbons (Fsp3) is 0.632. The summed E-state index contributed by atoms with van der Waals surface area (Å²) in [6.45, 7) is 9.77. The number of aromatic nitrogens is 3. The van der Waals surface area contributed by atoms with Crippen LogP contribution in [0.5, 0.6) is 0 Å². The summed E-state index contributed by atoms with van der Waals surface area (Å²) in [6, 6.07) is 2.02. The van der Waals surface area contributed by atoms with Crippen molar-refractivity contribution in [2.75, 3.05) is 18.5 Å². The second kappa shape index (κ2) is 8.60. The topological polar surface area (TPSA) is 82.3 Å². The Morgan fingerprint density at radius 2 is 2.12 bits per heavy atom. The van der Waals surface area contributed by atoms with Crippen LogP contribution in [0.4, 0.5) is 5.82 Å². The molecule has 1 fully saturated rings. The Bertz CT molecular complexity index is 712. The van der Waals surface area contributed by atoms with E-state index < -0.39 is 0 Å². The Kier molecular flexibility index (Phi) is 6.21. The molecule has 2 aromatic heterocycles. The number of nitrogens with zero attached hydrogens (tertiary/aromatic N) is 3. The Hall–Kier alpha value is -1.99. The predicted octanol–water partition coefficient (Wildman–Crippen LogP) is 3.13. The van der Waals surface area contributed by atoms with Gasteiger partial charge in [-0.15, -0.1) is 0 Å². The van der Waals surface area contributed by atoms with Gasteiger partial charge in [-0.1, -0.05) is 12.1 Å². The predicted molar refractivity (Wildman–Crippen MR) is 98.2 cm³/mol. The molecule has 0 aliphatic carbocycles. The van der Waals surface area contributed by atoms with Gasteiger partial charge >= 0.3 is 0 Å². The number of hydrogen-bond donors (Lipinski definition) is 1. The van der Waals surface area contributed by atoms with E-state index in [2.05, 4.69) is 27.4 Å². The fourth-order valence-electron chi connectivity index (χ4n) is 3.18. The summed E-state index contributed by atoms with van der Waals surface area (Å²) in [5.41, 5.74) is 2.88. The van der Waals surface area contributed by atoms with E-state index in [-0.39, 0.29) is 12.1 Å². The van der Waals surface area contributed by atoms with Crippen LogP contribution in [0.25, 0.3) is 0 Å². The zero-order valence-corrected chi connectivity index (χ0v) is 16.0. The standard InChI is InChI=1S/C19H28N4O3/c1-5-6-18-20-12(2)9-19(22-18)21-16-11-24-8-7-17(16)25-10-15-13(3)23-26-14(15)4/h9,16-17H,5-8,10-11H2,1-4H3,(H,20,21,22)/t16-,17+/m1/s1. The average molecular weight is 360 g/mol. The lowest BCUT2D eigenvalue weighted by atomic mass is 10.1. The normalized spacial score (nSPS) is 20.3. The number of ether oxygens (including phenoxy) is 2. The van der Waals surface area contributed by atoms with Crippen LogP contribution in [-0.2, 0) is 22.5 Å². The van der Waals surface area contributed by atoms with Gasteiger partial charge in [0.05, 0.1) is 31.1 Å². The molecule has 2 atom stereocenters. The maximum Gasteiger partial charge on any atom is 0.139 e. The first-order valence-electron chi connectivity index (χ1n) is 9.29. The van der Waals surface area contributed by atoms with Gasteiger partial charge in [0.2, 0.25) is 0 Å². The van der Waals surface area contributed by atoms with Crippen LogP contribution in [0.1, 0.15) is 48.3 Å². The van der Waals surface area contributed by atoms with E-state index in [0.29, 0.717) is 19.8 Å². The van der Waals surface area contributed by atoms with Crippen LogP contribution < -0.4 is 5.32 Å². The highest BCUT2D eigenvalue weighted by Crippen LogP contribution is 2.21. The van der Waals surface area contributed by atoms with Crippen molar-refractivity contribution in [3.63, 3.8) is 0 Å². The second-order valence-corrected chi connectivity index (χ2v) is 6.83. The van der Waals surface area contributed by atoms with E-state index in [1.807, 2.05) is 26.8 Å². The van der Waals surface area contributed by atoms with Gasteiger partial charge in [0.1, 0.15) is 17.4 Å². The van der Waals surface area contributed by atoms with E-state index >= 15 is 0 Å². The molecule has 1 N–H and O–H groups in total. The van der Waals surface area contributed by atoms with Crippen LogP contribution in [0, 0.1) is 20.8 Å². The molecule has 1 aliphatic rings. The van der Waals surface area contributed by atoms with Gasteiger partial charge in [0.25, 0.3) is 0 Å². The van der Waals surface area contributed by atoms with Crippen molar-refractivity contribution in [3.05, 3.63) is 34.6 Å². The van der Waals surface area contributed by atoms with Crippen molar-refractivity contribution in [2.45, 2.75) is 65.7 Å². The van der Waals surface area contributed by atoms with Gasteiger partial charge in [-0.25, -0.2) is 9.97 Å². The summed E-state index contributed by atoms with van der Waals surface area (Å²) in [7, 11) is 0. The van der Waals surface area contributed by atoms with Crippen molar-refractivity contribution >= 4 is 5.82 Å². The number of anilines is 1.